The third kappa shape index (κ3) is 3.75. The Labute approximate surface area is 186 Å². The summed E-state index contributed by atoms with van der Waals surface area (Å²) in [4.78, 5) is 12.5. The summed E-state index contributed by atoms with van der Waals surface area (Å²) in [6.07, 6.45) is 15.2. The molecule has 0 saturated carbocycles. The van der Waals surface area contributed by atoms with Crippen LogP contribution in [0.2, 0.25) is 5.02 Å². The van der Waals surface area contributed by atoms with Gasteiger partial charge < -0.3 is 5.32 Å². The van der Waals surface area contributed by atoms with Gasteiger partial charge in [0.25, 0.3) is 0 Å². The van der Waals surface area contributed by atoms with E-state index in [1.807, 2.05) is 48.7 Å². The SMILES string of the molecule is C1=CNc2ccccc2C=C1.O=C1C=c2c(Cl)cccc2=c2ccc3c(c21)CCCC=3. The second kappa shape index (κ2) is 8.41. The van der Waals surface area contributed by atoms with Crippen molar-refractivity contribution >= 4 is 41.3 Å². The van der Waals surface area contributed by atoms with Crippen LogP contribution in [-0.4, -0.2) is 5.78 Å². The highest BCUT2D eigenvalue weighted by molar-refractivity contribution is 6.31. The maximum Gasteiger partial charge on any atom is 0.187 e. The van der Waals surface area contributed by atoms with Crippen LogP contribution in [0.4, 0.5) is 5.69 Å². The van der Waals surface area contributed by atoms with Crippen molar-refractivity contribution in [2.45, 2.75) is 19.3 Å². The van der Waals surface area contributed by atoms with Gasteiger partial charge in [-0.25, -0.2) is 0 Å². The highest BCUT2D eigenvalue weighted by Gasteiger charge is 2.17. The fourth-order valence-corrected chi connectivity index (χ4v) is 4.64. The van der Waals surface area contributed by atoms with Crippen LogP contribution in [0.25, 0.3) is 18.2 Å². The van der Waals surface area contributed by atoms with Crippen molar-refractivity contribution in [1.82, 2.24) is 0 Å². The number of rotatable bonds is 0. The number of ketones is 1. The Morgan fingerprint density at radius 2 is 1.81 bits per heavy atom. The number of benzene rings is 3. The molecule has 1 heterocycles. The van der Waals surface area contributed by atoms with E-state index in [0.29, 0.717) is 5.02 Å². The summed E-state index contributed by atoms with van der Waals surface area (Å²) < 4.78 is 0. The number of carbonyl (C=O) groups excluding carboxylic acids is 1. The molecule has 6 rings (SSSR count). The first-order valence-corrected chi connectivity index (χ1v) is 11.0. The van der Waals surface area contributed by atoms with E-state index in [0.717, 1.165) is 46.2 Å². The number of fused-ring (bicyclic) bond motifs is 5. The zero-order valence-corrected chi connectivity index (χ0v) is 17.8. The van der Waals surface area contributed by atoms with Crippen molar-refractivity contribution in [3.05, 3.63) is 116 Å². The standard InChI is InChI=1S/C18H13ClO.C10H9N/c19-16-7-3-6-13-14-9-8-11-4-1-2-5-12(11)18(14)17(20)10-15(13)16;1-2-7-10-9(5-1)6-3-4-8-11-10/h3-4,6-10H,1-2,5H2;1-8,11H. The van der Waals surface area contributed by atoms with Gasteiger partial charge in [0.2, 0.25) is 0 Å². The topological polar surface area (TPSA) is 29.1 Å². The molecule has 0 fully saturated rings. The lowest BCUT2D eigenvalue weighted by Gasteiger charge is -2.15. The summed E-state index contributed by atoms with van der Waals surface area (Å²) in [6.45, 7) is 0. The number of para-hydroxylation sites is 1. The van der Waals surface area contributed by atoms with Gasteiger partial charge in [0.1, 0.15) is 0 Å². The van der Waals surface area contributed by atoms with Crippen LogP contribution >= 0.6 is 11.6 Å². The Balaban J connectivity index is 0.000000157. The van der Waals surface area contributed by atoms with E-state index in [4.69, 9.17) is 11.6 Å². The molecule has 2 nitrogen and oxygen atoms in total. The second-order valence-electron chi connectivity index (χ2n) is 7.81. The molecule has 3 aromatic carbocycles. The number of carbonyl (C=O) groups is 1. The number of nitrogens with one attached hydrogen (secondary N) is 1. The van der Waals surface area contributed by atoms with Crippen LogP contribution < -0.4 is 15.8 Å². The van der Waals surface area contributed by atoms with Crippen molar-refractivity contribution < 1.29 is 4.79 Å². The van der Waals surface area contributed by atoms with Crippen molar-refractivity contribution in [3.63, 3.8) is 0 Å². The quantitative estimate of drug-likeness (QED) is 0.527. The monoisotopic (exact) mass is 423 g/mol. The number of anilines is 1. The minimum Gasteiger partial charge on any atom is -0.361 e. The fraction of sp³-hybridized carbons (Fsp3) is 0.107. The van der Waals surface area contributed by atoms with Gasteiger partial charge in [-0.15, -0.1) is 0 Å². The summed E-state index contributed by atoms with van der Waals surface area (Å²) in [5.41, 5.74) is 4.49. The van der Waals surface area contributed by atoms with E-state index in [1.54, 1.807) is 6.08 Å². The lowest BCUT2D eigenvalue weighted by Crippen LogP contribution is -2.23. The van der Waals surface area contributed by atoms with E-state index < -0.39 is 0 Å². The van der Waals surface area contributed by atoms with E-state index in [-0.39, 0.29) is 5.78 Å². The lowest BCUT2D eigenvalue weighted by atomic mass is 9.88. The summed E-state index contributed by atoms with van der Waals surface area (Å²) in [6, 6.07) is 18.2. The second-order valence-corrected chi connectivity index (χ2v) is 8.22. The van der Waals surface area contributed by atoms with E-state index in [1.165, 1.54) is 16.3 Å². The molecule has 0 unspecified atom stereocenters. The van der Waals surface area contributed by atoms with Gasteiger partial charge in [-0.2, -0.15) is 0 Å². The molecule has 152 valence electrons. The normalized spacial score (nSPS) is 14.8. The molecular weight excluding hydrogens is 402 g/mol. The number of Topliss-reactive ketones (excluding diaryl/α,β-unsaturated/α-hetero) is 1. The minimum atomic E-state index is 0.0905. The van der Waals surface area contributed by atoms with Crippen LogP contribution in [-0.2, 0) is 6.42 Å². The number of hydrogen-bond donors (Lipinski definition) is 1. The molecule has 0 atom stereocenters. The van der Waals surface area contributed by atoms with Gasteiger partial charge in [0.15, 0.2) is 5.78 Å². The summed E-state index contributed by atoms with van der Waals surface area (Å²) in [5, 5.41) is 8.01. The molecule has 31 heavy (non-hydrogen) atoms. The van der Waals surface area contributed by atoms with Crippen LogP contribution in [0, 0.1) is 10.4 Å². The first-order chi connectivity index (χ1) is 15.2. The van der Waals surface area contributed by atoms with E-state index in [2.05, 4.69) is 41.7 Å². The van der Waals surface area contributed by atoms with Crippen LogP contribution in [0.1, 0.15) is 34.3 Å². The van der Waals surface area contributed by atoms with Gasteiger partial charge in [-0.1, -0.05) is 72.3 Å². The predicted molar refractivity (Wildman–Crippen MR) is 129 cm³/mol. The van der Waals surface area contributed by atoms with Crippen LogP contribution in [0.3, 0.4) is 0 Å². The molecule has 0 radical (unpaired) electrons. The summed E-state index contributed by atoms with van der Waals surface area (Å²) in [5.74, 6) is 0.0905. The molecule has 0 bridgehead atoms. The zero-order chi connectivity index (χ0) is 21.2. The number of hydrogen-bond acceptors (Lipinski definition) is 2. The number of halogens is 1. The molecule has 0 aromatic heterocycles. The van der Waals surface area contributed by atoms with Crippen LogP contribution in [0.5, 0.6) is 0 Å². The van der Waals surface area contributed by atoms with Gasteiger partial charge in [-0.05, 0) is 70.3 Å². The largest absolute Gasteiger partial charge is 0.361 e. The van der Waals surface area contributed by atoms with Crippen molar-refractivity contribution in [3.8, 4) is 0 Å². The third-order valence-electron chi connectivity index (χ3n) is 5.89. The maximum absolute atomic E-state index is 12.5. The van der Waals surface area contributed by atoms with E-state index in [9.17, 15) is 4.79 Å². The summed E-state index contributed by atoms with van der Waals surface area (Å²) in [7, 11) is 0. The molecule has 1 N–H and O–H groups in total. The third-order valence-corrected chi connectivity index (χ3v) is 6.22. The molecule has 0 amide bonds. The first-order valence-electron chi connectivity index (χ1n) is 10.6. The first kappa shape index (κ1) is 19.6. The molecule has 0 spiro atoms. The Kier molecular flexibility index (Phi) is 5.31. The van der Waals surface area contributed by atoms with Gasteiger partial charge >= 0.3 is 0 Å². The van der Waals surface area contributed by atoms with Crippen molar-refractivity contribution in [1.29, 1.82) is 0 Å². The van der Waals surface area contributed by atoms with Crippen molar-refractivity contribution in [2.24, 2.45) is 0 Å². The molecule has 0 saturated heterocycles. The van der Waals surface area contributed by atoms with Crippen LogP contribution in [0.15, 0.2) is 72.9 Å². The highest BCUT2D eigenvalue weighted by atomic mass is 35.5. The maximum atomic E-state index is 12.5. The smallest absolute Gasteiger partial charge is 0.187 e. The Morgan fingerprint density at radius 3 is 2.74 bits per heavy atom. The van der Waals surface area contributed by atoms with Crippen molar-refractivity contribution in [2.75, 3.05) is 5.32 Å². The molecule has 3 aliphatic rings. The Hall–Kier alpha value is -3.36. The lowest BCUT2D eigenvalue weighted by molar-refractivity contribution is 0.105. The molecule has 1 aliphatic heterocycles. The average molecular weight is 424 g/mol. The molecule has 3 aromatic rings. The molecular formula is C28H22ClNO. The van der Waals surface area contributed by atoms with E-state index >= 15 is 0 Å². The highest BCUT2D eigenvalue weighted by Crippen LogP contribution is 2.19. The summed E-state index contributed by atoms with van der Waals surface area (Å²) >= 11 is 6.23. The zero-order valence-electron chi connectivity index (χ0n) is 17.1. The minimum absolute atomic E-state index is 0.0905. The van der Waals surface area contributed by atoms with Gasteiger partial charge in [0, 0.05) is 27.7 Å². The predicted octanol–water partition coefficient (Wildman–Crippen LogP) is 5.36. The number of allylic oxidation sites excluding steroid dienone is 2. The molecule has 3 heteroatoms. The van der Waals surface area contributed by atoms with Gasteiger partial charge in [0.05, 0.1) is 0 Å². The Bertz CT molecular complexity index is 1460. The van der Waals surface area contributed by atoms with Gasteiger partial charge in [-0.3, -0.25) is 4.79 Å². The fourth-order valence-electron chi connectivity index (χ4n) is 4.42. The average Bonchev–Trinajstić information content (AvgIpc) is 3.06. The molecule has 2 aliphatic carbocycles. The Morgan fingerprint density at radius 1 is 0.903 bits per heavy atom.